The summed E-state index contributed by atoms with van der Waals surface area (Å²) in [5.41, 5.74) is 2.34. The molecule has 0 radical (unpaired) electrons. The third-order valence-electron chi connectivity index (χ3n) is 3.54. The first-order valence-corrected chi connectivity index (χ1v) is 6.26. The van der Waals surface area contributed by atoms with Gasteiger partial charge in [0, 0.05) is 19.2 Å². The topological polar surface area (TPSA) is 86.3 Å². The summed E-state index contributed by atoms with van der Waals surface area (Å²) in [6.07, 6.45) is 3.21. The smallest absolute Gasteiger partial charge is 0.326 e. The normalized spacial score (nSPS) is 17.6. The van der Waals surface area contributed by atoms with Gasteiger partial charge in [-0.25, -0.2) is 4.79 Å². The minimum atomic E-state index is -0.989. The molecule has 2 aromatic rings. The zero-order valence-corrected chi connectivity index (χ0v) is 10.6. The summed E-state index contributed by atoms with van der Waals surface area (Å²) < 4.78 is 0. The van der Waals surface area contributed by atoms with Crippen LogP contribution >= 0.6 is 0 Å². The number of carbonyl (C=O) groups is 2. The highest BCUT2D eigenvalue weighted by molar-refractivity contribution is 5.96. The predicted octanol–water partition coefficient (Wildman–Crippen LogP) is 1.06. The summed E-state index contributed by atoms with van der Waals surface area (Å²) in [6, 6.07) is 6.76. The maximum atomic E-state index is 12.4. The molecule has 0 bridgehead atoms. The van der Waals surface area contributed by atoms with Crippen LogP contribution in [0.4, 0.5) is 0 Å². The molecule has 6 nitrogen and oxygen atoms in total. The van der Waals surface area contributed by atoms with E-state index in [2.05, 4.69) is 10.2 Å². The van der Waals surface area contributed by atoms with Crippen LogP contribution in [0.15, 0.2) is 36.7 Å². The van der Waals surface area contributed by atoms with Gasteiger partial charge in [-0.05, 0) is 11.1 Å². The molecule has 6 heteroatoms. The highest BCUT2D eigenvalue weighted by Crippen LogP contribution is 2.24. The fourth-order valence-corrected chi connectivity index (χ4v) is 2.49. The molecule has 1 aromatic carbocycles. The minimum Gasteiger partial charge on any atom is -0.480 e. The average molecular weight is 271 g/mol. The van der Waals surface area contributed by atoms with Crippen molar-refractivity contribution in [2.75, 3.05) is 0 Å². The first-order chi connectivity index (χ1) is 9.66. The van der Waals surface area contributed by atoms with Gasteiger partial charge in [-0.3, -0.25) is 9.89 Å². The number of fused-ring (bicyclic) bond motifs is 1. The van der Waals surface area contributed by atoms with Crippen molar-refractivity contribution in [2.45, 2.75) is 19.0 Å². The van der Waals surface area contributed by atoms with E-state index in [-0.39, 0.29) is 5.91 Å². The molecule has 0 unspecified atom stereocenters. The van der Waals surface area contributed by atoms with Gasteiger partial charge in [-0.2, -0.15) is 5.10 Å². The Morgan fingerprint density at radius 2 is 2.05 bits per heavy atom. The number of H-pyrrole nitrogens is 1. The summed E-state index contributed by atoms with van der Waals surface area (Å²) in [5, 5.41) is 15.7. The molecular formula is C14H13N3O3. The lowest BCUT2D eigenvalue weighted by atomic mass is 9.93. The molecule has 2 heterocycles. The van der Waals surface area contributed by atoms with Crippen LogP contribution in [-0.4, -0.2) is 38.1 Å². The van der Waals surface area contributed by atoms with Gasteiger partial charge >= 0.3 is 5.97 Å². The Hall–Kier alpha value is -2.63. The Labute approximate surface area is 115 Å². The molecule has 0 fully saturated rings. The Morgan fingerprint density at radius 3 is 2.70 bits per heavy atom. The largest absolute Gasteiger partial charge is 0.480 e. The second-order valence-electron chi connectivity index (χ2n) is 4.75. The Balaban J connectivity index is 1.96. The van der Waals surface area contributed by atoms with Crippen molar-refractivity contribution >= 4 is 11.9 Å². The lowest BCUT2D eigenvalue weighted by molar-refractivity contribution is -0.142. The number of hydrogen-bond acceptors (Lipinski definition) is 3. The Bertz CT molecular complexity index is 651. The van der Waals surface area contributed by atoms with Crippen LogP contribution < -0.4 is 0 Å². The highest BCUT2D eigenvalue weighted by atomic mass is 16.4. The maximum absolute atomic E-state index is 12.4. The van der Waals surface area contributed by atoms with Gasteiger partial charge in [-0.15, -0.1) is 0 Å². The van der Waals surface area contributed by atoms with Crippen molar-refractivity contribution in [3.63, 3.8) is 0 Å². The van der Waals surface area contributed by atoms with E-state index in [1.165, 1.54) is 17.3 Å². The molecule has 102 valence electrons. The first kappa shape index (κ1) is 12.4. The monoisotopic (exact) mass is 271 g/mol. The molecule has 1 aliphatic rings. The number of aromatic nitrogens is 2. The number of benzene rings is 1. The SMILES string of the molecule is O=C(O)[C@@H]1Cc2ccccc2CN1C(=O)c1cn[nH]c1. The molecule has 3 rings (SSSR count). The van der Waals surface area contributed by atoms with Crippen LogP contribution in [0.1, 0.15) is 21.5 Å². The van der Waals surface area contributed by atoms with Gasteiger partial charge in [0.25, 0.3) is 5.91 Å². The highest BCUT2D eigenvalue weighted by Gasteiger charge is 2.35. The van der Waals surface area contributed by atoms with Crippen LogP contribution in [0.3, 0.4) is 0 Å². The van der Waals surface area contributed by atoms with Crippen LogP contribution in [0.2, 0.25) is 0 Å². The standard InChI is InChI=1S/C14H13N3O3/c18-13(11-6-15-16-7-11)17-8-10-4-2-1-3-9(10)5-12(17)14(19)20/h1-4,6-7,12H,5,8H2,(H,15,16)(H,19,20)/t12-/m0/s1. The van der Waals surface area contributed by atoms with Gasteiger partial charge in [0.1, 0.15) is 6.04 Å². The van der Waals surface area contributed by atoms with Crippen molar-refractivity contribution < 1.29 is 14.7 Å². The van der Waals surface area contributed by atoms with E-state index in [1.54, 1.807) is 0 Å². The Morgan fingerprint density at radius 1 is 1.30 bits per heavy atom. The molecule has 1 atom stereocenters. The van der Waals surface area contributed by atoms with Gasteiger partial charge < -0.3 is 10.0 Å². The summed E-state index contributed by atoms with van der Waals surface area (Å²) in [7, 11) is 0. The number of amides is 1. The second kappa shape index (κ2) is 4.80. The van der Waals surface area contributed by atoms with E-state index in [0.717, 1.165) is 11.1 Å². The number of carboxylic acid groups (broad SMARTS) is 1. The van der Waals surface area contributed by atoms with Gasteiger partial charge in [-0.1, -0.05) is 24.3 Å². The van der Waals surface area contributed by atoms with Crippen molar-refractivity contribution in [1.29, 1.82) is 0 Å². The zero-order valence-electron chi connectivity index (χ0n) is 10.6. The summed E-state index contributed by atoms with van der Waals surface area (Å²) in [4.78, 5) is 25.2. The number of aromatic amines is 1. The molecule has 0 spiro atoms. The van der Waals surface area contributed by atoms with Gasteiger partial charge in [0.15, 0.2) is 0 Å². The fourth-order valence-electron chi connectivity index (χ4n) is 2.49. The number of nitrogens with zero attached hydrogens (tertiary/aromatic N) is 2. The number of rotatable bonds is 2. The number of aliphatic carboxylic acids is 1. The molecule has 2 N–H and O–H groups in total. The summed E-state index contributed by atoms with van der Waals surface area (Å²) in [5.74, 6) is -1.31. The molecule has 0 saturated carbocycles. The predicted molar refractivity (Wildman–Crippen MR) is 70.0 cm³/mol. The summed E-state index contributed by atoms with van der Waals surface area (Å²) >= 11 is 0. The number of carboxylic acids is 1. The number of carbonyl (C=O) groups excluding carboxylic acids is 1. The lowest BCUT2D eigenvalue weighted by Gasteiger charge is -2.34. The fraction of sp³-hybridized carbons (Fsp3) is 0.214. The molecule has 0 saturated heterocycles. The molecule has 20 heavy (non-hydrogen) atoms. The zero-order chi connectivity index (χ0) is 14.1. The van der Waals surface area contributed by atoms with Crippen LogP contribution in [-0.2, 0) is 17.8 Å². The molecule has 1 amide bonds. The molecule has 1 aromatic heterocycles. The van der Waals surface area contributed by atoms with E-state index >= 15 is 0 Å². The van der Waals surface area contributed by atoms with Gasteiger partial charge in [0.2, 0.25) is 0 Å². The van der Waals surface area contributed by atoms with E-state index < -0.39 is 12.0 Å². The molecule has 1 aliphatic heterocycles. The minimum absolute atomic E-state index is 0.303. The molecular weight excluding hydrogens is 258 g/mol. The van der Waals surface area contributed by atoms with Crippen molar-refractivity contribution in [3.8, 4) is 0 Å². The van der Waals surface area contributed by atoms with Crippen LogP contribution in [0, 0.1) is 0 Å². The second-order valence-corrected chi connectivity index (χ2v) is 4.75. The van der Waals surface area contributed by atoms with E-state index in [1.807, 2.05) is 24.3 Å². The summed E-state index contributed by atoms with van der Waals surface area (Å²) in [6.45, 7) is 0.303. The number of nitrogens with one attached hydrogen (secondary N) is 1. The third kappa shape index (κ3) is 2.05. The van der Waals surface area contributed by atoms with Gasteiger partial charge in [0.05, 0.1) is 11.8 Å². The maximum Gasteiger partial charge on any atom is 0.326 e. The first-order valence-electron chi connectivity index (χ1n) is 6.26. The van der Waals surface area contributed by atoms with E-state index in [4.69, 9.17) is 0 Å². The van der Waals surface area contributed by atoms with Crippen molar-refractivity contribution in [3.05, 3.63) is 53.3 Å². The average Bonchev–Trinajstić information content (AvgIpc) is 2.99. The van der Waals surface area contributed by atoms with Crippen LogP contribution in [0.25, 0.3) is 0 Å². The third-order valence-corrected chi connectivity index (χ3v) is 3.54. The van der Waals surface area contributed by atoms with E-state index in [0.29, 0.717) is 18.5 Å². The quantitative estimate of drug-likeness (QED) is 0.855. The van der Waals surface area contributed by atoms with Crippen LogP contribution in [0.5, 0.6) is 0 Å². The van der Waals surface area contributed by atoms with E-state index in [9.17, 15) is 14.7 Å². The van der Waals surface area contributed by atoms with Crippen molar-refractivity contribution in [1.82, 2.24) is 15.1 Å². The molecule has 0 aliphatic carbocycles. The number of hydrogen-bond donors (Lipinski definition) is 2. The lowest BCUT2D eigenvalue weighted by Crippen LogP contribution is -2.48. The Kier molecular flexibility index (Phi) is 2.98. The van der Waals surface area contributed by atoms with Crippen molar-refractivity contribution in [2.24, 2.45) is 0 Å².